The maximum atomic E-state index is 15.6. The van der Waals surface area contributed by atoms with Gasteiger partial charge >= 0.3 is 0 Å². The molecule has 0 aliphatic carbocycles. The molecule has 3 aromatic rings. The average Bonchev–Trinajstić information content (AvgIpc) is 2.87. The summed E-state index contributed by atoms with van der Waals surface area (Å²) in [6, 6.07) is 20.2. The number of nitrogens with zero attached hydrogens (tertiary/aromatic N) is 3. The normalized spacial score (nSPS) is 12.9. The Kier molecular flexibility index (Phi) is 9.23. The molecule has 1 unspecified atom stereocenters. The molecule has 0 amide bonds. The third kappa shape index (κ3) is 6.68. The fraction of sp³-hybridized carbons (Fsp3) is 0.250. The maximum Gasteiger partial charge on any atom is 0.160 e. The zero-order valence-electron chi connectivity index (χ0n) is 20.1. The summed E-state index contributed by atoms with van der Waals surface area (Å²) >= 11 is 0. The first-order valence-electron chi connectivity index (χ1n) is 11.4. The van der Waals surface area contributed by atoms with Crippen molar-refractivity contribution in [2.45, 2.75) is 32.7 Å². The molecule has 1 heterocycles. The molecule has 1 atom stereocenters. The van der Waals surface area contributed by atoms with Gasteiger partial charge in [-0.15, -0.1) is 0 Å². The van der Waals surface area contributed by atoms with Crippen molar-refractivity contribution >= 4 is 13.1 Å². The van der Waals surface area contributed by atoms with E-state index in [1.54, 1.807) is 0 Å². The molecule has 6 heteroatoms. The highest BCUT2D eigenvalue weighted by Gasteiger charge is 2.19. The molecule has 3 rings (SSSR count). The topological polar surface area (TPSA) is 61.7 Å². The van der Waals surface area contributed by atoms with Gasteiger partial charge in [0.25, 0.3) is 0 Å². The SMILES string of the molecule is C=N/C=N\C(NCc1ccc(-c2ccnc(C)c2)cc1)=C(\F)C(C)c1ccccc1CCNC. The van der Waals surface area contributed by atoms with Gasteiger partial charge in [0.1, 0.15) is 12.2 Å². The molecule has 0 saturated heterocycles. The zero-order valence-corrected chi connectivity index (χ0v) is 20.1. The summed E-state index contributed by atoms with van der Waals surface area (Å²) in [6.45, 7) is 8.51. The highest BCUT2D eigenvalue weighted by atomic mass is 19.1. The highest BCUT2D eigenvalue weighted by Crippen LogP contribution is 2.30. The third-order valence-corrected chi connectivity index (χ3v) is 5.68. The van der Waals surface area contributed by atoms with E-state index in [0.717, 1.165) is 46.5 Å². The van der Waals surface area contributed by atoms with E-state index in [0.29, 0.717) is 6.54 Å². The summed E-state index contributed by atoms with van der Waals surface area (Å²) in [5.74, 6) is -0.618. The standard InChI is InChI=1S/C28H32FN5/c1-20-17-25(14-16-32-20)23-11-9-22(10-12-23)18-33-28(34-19-31-4)27(29)21(2)26-8-6-5-7-24(26)13-15-30-3/h5-12,14,16-17,19,21,30,33H,4,13,15,18H2,1-3H3/b28-27+,34-19-. The minimum Gasteiger partial charge on any atom is -0.364 e. The number of pyridine rings is 1. The smallest absolute Gasteiger partial charge is 0.160 e. The van der Waals surface area contributed by atoms with Crippen LogP contribution >= 0.6 is 0 Å². The summed E-state index contributed by atoms with van der Waals surface area (Å²) in [5, 5.41) is 6.30. The molecular formula is C28H32FN5. The van der Waals surface area contributed by atoms with E-state index in [4.69, 9.17) is 0 Å². The zero-order chi connectivity index (χ0) is 24.3. The number of nitrogens with one attached hydrogen (secondary N) is 2. The number of likely N-dealkylation sites (N-methyl/N-ethyl adjacent to an activating group) is 1. The molecule has 2 aromatic carbocycles. The number of allylic oxidation sites excluding steroid dienone is 1. The number of rotatable bonds is 11. The van der Waals surface area contributed by atoms with Crippen LogP contribution in [0.3, 0.4) is 0 Å². The van der Waals surface area contributed by atoms with Gasteiger partial charge in [0.15, 0.2) is 5.82 Å². The minimum absolute atomic E-state index is 0.164. The molecule has 2 N–H and O–H groups in total. The van der Waals surface area contributed by atoms with Crippen LogP contribution in [0.5, 0.6) is 0 Å². The molecule has 0 bridgehead atoms. The monoisotopic (exact) mass is 457 g/mol. The van der Waals surface area contributed by atoms with E-state index in [-0.39, 0.29) is 11.6 Å². The van der Waals surface area contributed by atoms with Crippen molar-refractivity contribution in [3.8, 4) is 11.1 Å². The lowest BCUT2D eigenvalue weighted by Crippen LogP contribution is -2.16. The van der Waals surface area contributed by atoms with Crippen LogP contribution in [0.2, 0.25) is 0 Å². The Bertz CT molecular complexity index is 1150. The van der Waals surface area contributed by atoms with Crippen LogP contribution in [0, 0.1) is 6.92 Å². The summed E-state index contributed by atoms with van der Waals surface area (Å²) < 4.78 is 15.6. The van der Waals surface area contributed by atoms with E-state index in [9.17, 15) is 0 Å². The van der Waals surface area contributed by atoms with Crippen molar-refractivity contribution in [1.29, 1.82) is 0 Å². The van der Waals surface area contributed by atoms with Crippen LogP contribution < -0.4 is 10.6 Å². The van der Waals surface area contributed by atoms with Crippen LogP contribution in [0.1, 0.15) is 35.2 Å². The number of aromatic nitrogens is 1. The molecular weight excluding hydrogens is 425 g/mol. The molecule has 176 valence electrons. The Labute approximate surface area is 201 Å². The van der Waals surface area contributed by atoms with Crippen molar-refractivity contribution in [2.75, 3.05) is 13.6 Å². The van der Waals surface area contributed by atoms with Crippen molar-refractivity contribution in [1.82, 2.24) is 15.6 Å². The molecule has 0 saturated carbocycles. The Morgan fingerprint density at radius 1 is 1.12 bits per heavy atom. The summed E-state index contributed by atoms with van der Waals surface area (Å²) in [6.07, 6.45) is 3.90. The molecule has 0 radical (unpaired) electrons. The largest absolute Gasteiger partial charge is 0.364 e. The van der Waals surface area contributed by atoms with Gasteiger partial charge in [0.2, 0.25) is 0 Å². The van der Waals surface area contributed by atoms with Gasteiger partial charge in [-0.2, -0.15) is 0 Å². The van der Waals surface area contributed by atoms with E-state index in [1.807, 2.05) is 69.6 Å². The van der Waals surface area contributed by atoms with Crippen LogP contribution in [0.25, 0.3) is 11.1 Å². The lowest BCUT2D eigenvalue weighted by Gasteiger charge is -2.17. The average molecular weight is 458 g/mol. The van der Waals surface area contributed by atoms with Gasteiger partial charge in [-0.1, -0.05) is 55.5 Å². The van der Waals surface area contributed by atoms with Gasteiger partial charge in [0.05, 0.1) is 0 Å². The van der Waals surface area contributed by atoms with Crippen molar-refractivity contribution in [3.05, 3.63) is 101 Å². The second-order valence-corrected chi connectivity index (χ2v) is 8.13. The molecule has 1 aromatic heterocycles. The lowest BCUT2D eigenvalue weighted by atomic mass is 9.93. The highest BCUT2D eigenvalue weighted by molar-refractivity contribution is 5.64. The predicted molar refractivity (Wildman–Crippen MR) is 140 cm³/mol. The van der Waals surface area contributed by atoms with E-state index < -0.39 is 5.92 Å². The van der Waals surface area contributed by atoms with Crippen LogP contribution in [-0.4, -0.2) is 31.6 Å². The first-order chi connectivity index (χ1) is 16.5. The Morgan fingerprint density at radius 3 is 2.59 bits per heavy atom. The Morgan fingerprint density at radius 2 is 1.88 bits per heavy atom. The van der Waals surface area contributed by atoms with E-state index in [1.165, 1.54) is 6.34 Å². The van der Waals surface area contributed by atoms with Gasteiger partial charge in [0, 0.05) is 24.4 Å². The van der Waals surface area contributed by atoms with Gasteiger partial charge in [-0.25, -0.2) is 9.38 Å². The second-order valence-electron chi connectivity index (χ2n) is 8.13. The molecule has 0 spiro atoms. The van der Waals surface area contributed by atoms with E-state index >= 15 is 4.39 Å². The number of aliphatic imine (C=N–C) groups is 2. The Balaban J connectivity index is 1.79. The quantitative estimate of drug-likeness (QED) is 0.292. The predicted octanol–water partition coefficient (Wildman–Crippen LogP) is 5.58. The molecule has 0 fully saturated rings. The fourth-order valence-corrected chi connectivity index (χ4v) is 3.80. The maximum absolute atomic E-state index is 15.6. The number of benzene rings is 2. The summed E-state index contributed by atoms with van der Waals surface area (Å²) in [4.78, 5) is 12.1. The number of hydrogen-bond acceptors (Lipinski definition) is 4. The second kappa shape index (κ2) is 12.6. The van der Waals surface area contributed by atoms with Crippen LogP contribution in [0.4, 0.5) is 4.39 Å². The summed E-state index contributed by atoms with van der Waals surface area (Å²) in [7, 11) is 1.91. The van der Waals surface area contributed by atoms with Gasteiger partial charge in [-0.05, 0) is 73.6 Å². The molecule has 0 aliphatic rings. The van der Waals surface area contributed by atoms with Crippen molar-refractivity contribution < 1.29 is 4.39 Å². The first kappa shape index (κ1) is 25.0. The number of aryl methyl sites for hydroxylation is 1. The number of hydrogen-bond donors (Lipinski definition) is 2. The third-order valence-electron chi connectivity index (χ3n) is 5.68. The fourth-order valence-electron chi connectivity index (χ4n) is 3.80. The van der Waals surface area contributed by atoms with E-state index in [2.05, 4.69) is 50.5 Å². The molecule has 0 aliphatic heterocycles. The molecule has 5 nitrogen and oxygen atoms in total. The Hall–Kier alpha value is -3.64. The molecule has 34 heavy (non-hydrogen) atoms. The van der Waals surface area contributed by atoms with Crippen molar-refractivity contribution in [2.24, 2.45) is 9.98 Å². The number of halogens is 1. The van der Waals surface area contributed by atoms with Gasteiger partial charge < -0.3 is 10.6 Å². The summed E-state index contributed by atoms with van der Waals surface area (Å²) in [5.41, 5.74) is 6.29. The van der Waals surface area contributed by atoms with Crippen LogP contribution in [-0.2, 0) is 13.0 Å². The van der Waals surface area contributed by atoms with Crippen molar-refractivity contribution in [3.63, 3.8) is 0 Å². The van der Waals surface area contributed by atoms with Gasteiger partial charge in [-0.3, -0.25) is 9.98 Å². The van der Waals surface area contributed by atoms with Crippen LogP contribution in [0.15, 0.2) is 88.5 Å². The first-order valence-corrected chi connectivity index (χ1v) is 11.4. The lowest BCUT2D eigenvalue weighted by molar-refractivity contribution is 0.532. The minimum atomic E-state index is -0.449.